The molecule has 0 bridgehead atoms. The van der Waals surface area contributed by atoms with Crippen LogP contribution in [-0.4, -0.2) is 41.5 Å². The Bertz CT molecular complexity index is 580. The SMILES string of the molecule is COc1ccc([N+](=O)[O-])cc1OCC(=O)N1[C@@H](C)CCC[C@@H]1C. The van der Waals surface area contributed by atoms with Gasteiger partial charge in [0, 0.05) is 18.2 Å². The average Bonchev–Trinajstić information content (AvgIpc) is 2.52. The molecule has 1 saturated heterocycles. The van der Waals surface area contributed by atoms with Crippen LogP contribution in [0.3, 0.4) is 0 Å². The van der Waals surface area contributed by atoms with Gasteiger partial charge in [0.2, 0.25) is 0 Å². The van der Waals surface area contributed by atoms with Gasteiger partial charge in [-0.1, -0.05) is 0 Å². The van der Waals surface area contributed by atoms with Gasteiger partial charge in [-0.15, -0.1) is 0 Å². The monoisotopic (exact) mass is 322 g/mol. The number of likely N-dealkylation sites (tertiary alicyclic amines) is 1. The highest BCUT2D eigenvalue weighted by atomic mass is 16.6. The highest BCUT2D eigenvalue weighted by Crippen LogP contribution is 2.31. The second-order valence-electron chi connectivity index (χ2n) is 5.81. The predicted molar refractivity (Wildman–Crippen MR) is 84.8 cm³/mol. The lowest BCUT2D eigenvalue weighted by atomic mass is 9.97. The van der Waals surface area contributed by atoms with E-state index in [9.17, 15) is 14.9 Å². The van der Waals surface area contributed by atoms with E-state index in [1.807, 2.05) is 18.7 Å². The van der Waals surface area contributed by atoms with Gasteiger partial charge < -0.3 is 14.4 Å². The Labute approximate surface area is 135 Å². The summed E-state index contributed by atoms with van der Waals surface area (Å²) in [7, 11) is 1.45. The van der Waals surface area contributed by atoms with E-state index >= 15 is 0 Å². The van der Waals surface area contributed by atoms with Crippen LogP contribution in [0.5, 0.6) is 11.5 Å². The largest absolute Gasteiger partial charge is 0.493 e. The van der Waals surface area contributed by atoms with Crippen LogP contribution in [0.2, 0.25) is 0 Å². The normalized spacial score (nSPS) is 20.9. The molecule has 0 aliphatic carbocycles. The molecule has 23 heavy (non-hydrogen) atoms. The van der Waals surface area contributed by atoms with Crippen LogP contribution in [0.1, 0.15) is 33.1 Å². The molecule has 1 aromatic rings. The van der Waals surface area contributed by atoms with E-state index < -0.39 is 4.92 Å². The first kappa shape index (κ1) is 17.1. The molecule has 0 saturated carbocycles. The molecular formula is C16H22N2O5. The summed E-state index contributed by atoms with van der Waals surface area (Å²) < 4.78 is 10.6. The van der Waals surface area contributed by atoms with Gasteiger partial charge in [0.25, 0.3) is 11.6 Å². The molecule has 7 nitrogen and oxygen atoms in total. The number of rotatable bonds is 5. The maximum absolute atomic E-state index is 12.4. The summed E-state index contributed by atoms with van der Waals surface area (Å²) in [5.74, 6) is 0.453. The first-order chi connectivity index (χ1) is 10.9. The Kier molecular flexibility index (Phi) is 5.41. The molecule has 0 N–H and O–H groups in total. The van der Waals surface area contributed by atoms with Gasteiger partial charge in [-0.05, 0) is 39.2 Å². The number of piperidine rings is 1. The third-order valence-corrected chi connectivity index (χ3v) is 4.19. The van der Waals surface area contributed by atoms with E-state index in [1.54, 1.807) is 0 Å². The lowest BCUT2D eigenvalue weighted by Gasteiger charge is -2.39. The van der Waals surface area contributed by atoms with E-state index in [-0.39, 0.29) is 36.0 Å². The number of nitro benzene ring substituents is 1. The minimum Gasteiger partial charge on any atom is -0.493 e. The van der Waals surface area contributed by atoms with E-state index in [4.69, 9.17) is 9.47 Å². The molecule has 1 aliphatic heterocycles. The standard InChI is InChI=1S/C16H22N2O5/c1-11-5-4-6-12(2)17(11)16(19)10-23-15-9-13(18(20)21)7-8-14(15)22-3/h7-9,11-12H,4-6,10H2,1-3H3/t11-,12-/m0/s1. The summed E-state index contributed by atoms with van der Waals surface area (Å²) in [5, 5.41) is 10.9. The van der Waals surface area contributed by atoms with Gasteiger partial charge >= 0.3 is 0 Å². The molecule has 0 unspecified atom stereocenters. The second kappa shape index (κ2) is 7.30. The Morgan fingerprint density at radius 2 is 1.96 bits per heavy atom. The fraction of sp³-hybridized carbons (Fsp3) is 0.562. The third kappa shape index (κ3) is 3.91. The molecule has 1 aliphatic rings. The Morgan fingerprint density at radius 1 is 1.30 bits per heavy atom. The van der Waals surface area contributed by atoms with Gasteiger partial charge in [-0.25, -0.2) is 0 Å². The minimum absolute atomic E-state index is 0.104. The van der Waals surface area contributed by atoms with Crippen molar-refractivity contribution >= 4 is 11.6 Å². The number of hydrogen-bond donors (Lipinski definition) is 0. The molecule has 7 heteroatoms. The van der Waals surface area contributed by atoms with Gasteiger partial charge in [-0.3, -0.25) is 14.9 Å². The fourth-order valence-corrected chi connectivity index (χ4v) is 3.02. The molecule has 1 heterocycles. The molecule has 0 spiro atoms. The van der Waals surface area contributed by atoms with Crippen molar-refractivity contribution in [3.05, 3.63) is 28.3 Å². The van der Waals surface area contributed by atoms with Crippen LogP contribution in [-0.2, 0) is 4.79 Å². The van der Waals surface area contributed by atoms with E-state index in [0.29, 0.717) is 5.75 Å². The van der Waals surface area contributed by atoms with E-state index in [1.165, 1.54) is 25.3 Å². The molecule has 1 fully saturated rings. The topological polar surface area (TPSA) is 81.9 Å². The van der Waals surface area contributed by atoms with E-state index in [0.717, 1.165) is 19.3 Å². The van der Waals surface area contributed by atoms with Crippen LogP contribution in [0.25, 0.3) is 0 Å². The van der Waals surface area contributed by atoms with Crippen molar-refractivity contribution in [3.8, 4) is 11.5 Å². The molecule has 126 valence electrons. The van der Waals surface area contributed by atoms with Crippen LogP contribution in [0, 0.1) is 10.1 Å². The number of carbonyl (C=O) groups excluding carboxylic acids is 1. The number of non-ortho nitro benzene ring substituents is 1. The molecular weight excluding hydrogens is 300 g/mol. The first-order valence-electron chi connectivity index (χ1n) is 7.70. The van der Waals surface area contributed by atoms with Crippen molar-refractivity contribution in [2.45, 2.75) is 45.2 Å². The number of benzene rings is 1. The summed E-state index contributed by atoms with van der Waals surface area (Å²) in [6.45, 7) is 3.90. The summed E-state index contributed by atoms with van der Waals surface area (Å²) in [4.78, 5) is 24.6. The Morgan fingerprint density at radius 3 is 2.52 bits per heavy atom. The van der Waals surface area contributed by atoms with Gasteiger partial charge in [0.1, 0.15) is 0 Å². The number of carbonyl (C=O) groups is 1. The lowest BCUT2D eigenvalue weighted by Crippen LogP contribution is -2.49. The lowest BCUT2D eigenvalue weighted by molar-refractivity contribution is -0.385. The first-order valence-corrected chi connectivity index (χ1v) is 7.70. The molecule has 1 amide bonds. The Balaban J connectivity index is 2.08. The van der Waals surface area contributed by atoms with Crippen molar-refractivity contribution in [2.75, 3.05) is 13.7 Å². The zero-order valence-corrected chi connectivity index (χ0v) is 13.7. The van der Waals surface area contributed by atoms with Gasteiger partial charge in [0.05, 0.1) is 18.1 Å². The van der Waals surface area contributed by atoms with Crippen molar-refractivity contribution < 1.29 is 19.2 Å². The van der Waals surface area contributed by atoms with Gasteiger partial charge in [-0.2, -0.15) is 0 Å². The van der Waals surface area contributed by atoms with E-state index in [2.05, 4.69) is 0 Å². The smallest absolute Gasteiger partial charge is 0.273 e. The number of hydrogen-bond acceptors (Lipinski definition) is 5. The molecule has 1 aromatic carbocycles. The second-order valence-corrected chi connectivity index (χ2v) is 5.81. The van der Waals surface area contributed by atoms with Crippen molar-refractivity contribution in [2.24, 2.45) is 0 Å². The highest BCUT2D eigenvalue weighted by Gasteiger charge is 2.29. The Hall–Kier alpha value is -2.31. The number of nitrogens with zero attached hydrogens (tertiary/aromatic N) is 2. The van der Waals surface area contributed by atoms with Crippen LogP contribution in [0.4, 0.5) is 5.69 Å². The summed E-state index contributed by atoms with van der Waals surface area (Å²) in [6, 6.07) is 4.44. The summed E-state index contributed by atoms with van der Waals surface area (Å²) >= 11 is 0. The number of nitro groups is 1. The highest BCUT2D eigenvalue weighted by molar-refractivity contribution is 5.78. The molecule has 0 radical (unpaired) electrons. The van der Waals surface area contributed by atoms with Crippen LogP contribution < -0.4 is 9.47 Å². The maximum atomic E-state index is 12.4. The minimum atomic E-state index is -0.511. The maximum Gasteiger partial charge on any atom is 0.273 e. The third-order valence-electron chi connectivity index (χ3n) is 4.19. The quantitative estimate of drug-likeness (QED) is 0.615. The summed E-state index contributed by atoms with van der Waals surface area (Å²) in [5.41, 5.74) is -0.104. The number of methoxy groups -OCH3 is 1. The summed E-state index contributed by atoms with van der Waals surface area (Å²) in [6.07, 6.45) is 3.08. The van der Waals surface area contributed by atoms with Crippen LogP contribution >= 0.6 is 0 Å². The molecule has 0 aromatic heterocycles. The zero-order chi connectivity index (χ0) is 17.0. The molecule has 2 rings (SSSR count). The van der Waals surface area contributed by atoms with Crippen molar-refractivity contribution in [1.29, 1.82) is 0 Å². The number of amides is 1. The van der Waals surface area contributed by atoms with Gasteiger partial charge in [0.15, 0.2) is 18.1 Å². The zero-order valence-electron chi connectivity index (χ0n) is 13.7. The number of ether oxygens (including phenoxy) is 2. The van der Waals surface area contributed by atoms with Crippen LogP contribution in [0.15, 0.2) is 18.2 Å². The fourth-order valence-electron chi connectivity index (χ4n) is 3.02. The molecule has 2 atom stereocenters. The predicted octanol–water partition coefficient (Wildman–Crippen LogP) is 2.77. The average molecular weight is 322 g/mol. The van der Waals surface area contributed by atoms with Crippen molar-refractivity contribution in [1.82, 2.24) is 4.90 Å². The van der Waals surface area contributed by atoms with Crippen molar-refractivity contribution in [3.63, 3.8) is 0 Å².